The molecule has 0 heterocycles. The van der Waals surface area contributed by atoms with Crippen molar-refractivity contribution >= 4 is 6.29 Å². The van der Waals surface area contributed by atoms with Crippen molar-refractivity contribution in [2.75, 3.05) is 0 Å². The van der Waals surface area contributed by atoms with Crippen molar-refractivity contribution in [3.63, 3.8) is 0 Å². The zero-order chi connectivity index (χ0) is 13.9. The molecule has 0 fully saturated rings. The van der Waals surface area contributed by atoms with E-state index in [2.05, 4.69) is 0 Å². The predicted molar refractivity (Wildman–Crippen MR) is 65.5 cm³/mol. The first-order valence-corrected chi connectivity index (χ1v) is 5.63. The van der Waals surface area contributed by atoms with Crippen molar-refractivity contribution < 1.29 is 18.0 Å². The van der Waals surface area contributed by atoms with Gasteiger partial charge in [-0.2, -0.15) is 13.2 Å². The van der Waals surface area contributed by atoms with Crippen LogP contribution in [0.2, 0.25) is 0 Å². The van der Waals surface area contributed by atoms with Crippen LogP contribution in [0, 0.1) is 0 Å². The molecule has 0 unspecified atom stereocenters. The van der Waals surface area contributed by atoms with Crippen molar-refractivity contribution in [3.05, 3.63) is 70.8 Å². The first-order chi connectivity index (χ1) is 9.02. The second kappa shape index (κ2) is 5.26. The lowest BCUT2D eigenvalue weighted by Gasteiger charge is -2.13. The summed E-state index contributed by atoms with van der Waals surface area (Å²) < 4.78 is 38.6. The third-order valence-corrected chi connectivity index (χ3v) is 2.83. The number of halogens is 3. The van der Waals surface area contributed by atoms with Gasteiger partial charge in [-0.1, -0.05) is 42.5 Å². The van der Waals surface area contributed by atoms with Crippen LogP contribution < -0.4 is 0 Å². The van der Waals surface area contributed by atoms with Crippen LogP contribution in [0.3, 0.4) is 0 Å². The van der Waals surface area contributed by atoms with E-state index < -0.39 is 11.7 Å². The minimum Gasteiger partial charge on any atom is -0.285 e. The van der Waals surface area contributed by atoms with Crippen molar-refractivity contribution in [1.29, 1.82) is 0 Å². The molecule has 0 N–H and O–H groups in total. The highest BCUT2D eigenvalue weighted by atomic mass is 19.4. The molecule has 4 heteroatoms. The van der Waals surface area contributed by atoms with Crippen LogP contribution in [0.15, 0.2) is 48.5 Å². The number of rotatable bonds is 3. The van der Waals surface area contributed by atoms with Gasteiger partial charge in [0.2, 0.25) is 6.29 Å². The fourth-order valence-electron chi connectivity index (χ4n) is 1.93. The second-order valence-corrected chi connectivity index (χ2v) is 4.09. The molecular formula is C15H10F3O. The van der Waals surface area contributed by atoms with Gasteiger partial charge in [-0.3, -0.25) is 4.79 Å². The summed E-state index contributed by atoms with van der Waals surface area (Å²) in [6.07, 6.45) is -2.59. The Morgan fingerprint density at radius 1 is 0.895 bits per heavy atom. The Morgan fingerprint density at radius 2 is 1.47 bits per heavy atom. The van der Waals surface area contributed by atoms with E-state index >= 15 is 0 Å². The molecule has 2 aromatic carbocycles. The van der Waals surface area contributed by atoms with Crippen LogP contribution >= 0.6 is 0 Å². The van der Waals surface area contributed by atoms with E-state index in [1.54, 1.807) is 36.6 Å². The maximum Gasteiger partial charge on any atom is 0.416 e. The molecule has 0 amide bonds. The summed E-state index contributed by atoms with van der Waals surface area (Å²) >= 11 is 0. The van der Waals surface area contributed by atoms with E-state index in [4.69, 9.17) is 0 Å². The van der Waals surface area contributed by atoms with E-state index in [0.29, 0.717) is 11.1 Å². The Hall–Kier alpha value is -2.10. The molecule has 0 atom stereocenters. The van der Waals surface area contributed by atoms with Crippen LogP contribution in [0.5, 0.6) is 0 Å². The summed E-state index contributed by atoms with van der Waals surface area (Å²) in [5, 5.41) is 0. The molecule has 0 bridgehead atoms. The molecule has 1 radical (unpaired) electrons. The monoisotopic (exact) mass is 263 g/mol. The van der Waals surface area contributed by atoms with Gasteiger partial charge < -0.3 is 0 Å². The number of benzene rings is 2. The van der Waals surface area contributed by atoms with Crippen molar-refractivity contribution in [3.8, 4) is 0 Å². The fraction of sp³-hybridized carbons (Fsp3) is 0.133. The highest BCUT2D eigenvalue weighted by Crippen LogP contribution is 2.33. The highest BCUT2D eigenvalue weighted by molar-refractivity contribution is 5.77. The number of alkyl halides is 3. The van der Waals surface area contributed by atoms with Crippen molar-refractivity contribution in [1.82, 2.24) is 0 Å². The maximum absolute atomic E-state index is 12.9. The summed E-state index contributed by atoms with van der Waals surface area (Å²) in [6.45, 7) is 0. The SMILES string of the molecule is O=[C]c1ccccc1Cc1ccccc1C(F)(F)F. The van der Waals surface area contributed by atoms with Gasteiger partial charge in [0.25, 0.3) is 0 Å². The average Bonchev–Trinajstić information content (AvgIpc) is 2.39. The molecular weight excluding hydrogens is 253 g/mol. The molecule has 97 valence electrons. The molecule has 19 heavy (non-hydrogen) atoms. The topological polar surface area (TPSA) is 17.1 Å². The quantitative estimate of drug-likeness (QED) is 0.824. The summed E-state index contributed by atoms with van der Waals surface area (Å²) in [6, 6.07) is 11.9. The third-order valence-electron chi connectivity index (χ3n) is 2.83. The zero-order valence-corrected chi connectivity index (χ0v) is 9.87. The van der Waals surface area contributed by atoms with Crippen molar-refractivity contribution in [2.24, 2.45) is 0 Å². The number of hydrogen-bond donors (Lipinski definition) is 0. The van der Waals surface area contributed by atoms with Crippen LogP contribution in [-0.2, 0) is 17.4 Å². The third kappa shape index (κ3) is 3.02. The Bertz CT molecular complexity index is 588. The number of carbonyl (C=O) groups excluding carboxylic acids is 1. The van der Waals surface area contributed by atoms with Gasteiger partial charge >= 0.3 is 6.18 Å². The first kappa shape index (κ1) is 13.3. The summed E-state index contributed by atoms with van der Waals surface area (Å²) in [5.74, 6) is 0. The van der Waals surface area contributed by atoms with E-state index in [1.165, 1.54) is 12.1 Å². The van der Waals surface area contributed by atoms with Gasteiger partial charge in [0.1, 0.15) is 0 Å². The Balaban J connectivity index is 2.42. The molecule has 0 aromatic heterocycles. The maximum atomic E-state index is 12.9. The van der Waals surface area contributed by atoms with Crippen LogP contribution in [0.4, 0.5) is 13.2 Å². The number of hydrogen-bond acceptors (Lipinski definition) is 1. The first-order valence-electron chi connectivity index (χ1n) is 5.63. The van der Waals surface area contributed by atoms with Gasteiger partial charge in [0.15, 0.2) is 0 Å². The van der Waals surface area contributed by atoms with Gasteiger partial charge in [-0.05, 0) is 23.6 Å². The summed E-state index contributed by atoms with van der Waals surface area (Å²) in [5.41, 5.74) is 0.307. The summed E-state index contributed by atoms with van der Waals surface area (Å²) in [7, 11) is 0. The lowest BCUT2D eigenvalue weighted by atomic mass is 9.96. The molecule has 2 aromatic rings. The van der Waals surface area contributed by atoms with Crippen LogP contribution in [-0.4, -0.2) is 6.29 Å². The van der Waals surface area contributed by atoms with E-state index in [-0.39, 0.29) is 12.0 Å². The fourth-order valence-corrected chi connectivity index (χ4v) is 1.93. The minimum atomic E-state index is -4.39. The smallest absolute Gasteiger partial charge is 0.285 e. The van der Waals surface area contributed by atoms with Gasteiger partial charge in [0, 0.05) is 5.56 Å². The van der Waals surface area contributed by atoms with Crippen LogP contribution in [0.1, 0.15) is 22.3 Å². The summed E-state index contributed by atoms with van der Waals surface area (Å²) in [4.78, 5) is 10.8. The van der Waals surface area contributed by atoms with Crippen molar-refractivity contribution in [2.45, 2.75) is 12.6 Å². The Labute approximate surface area is 108 Å². The normalized spacial score (nSPS) is 11.3. The highest BCUT2D eigenvalue weighted by Gasteiger charge is 2.32. The average molecular weight is 263 g/mol. The molecule has 0 aliphatic rings. The molecule has 0 aliphatic heterocycles. The lowest BCUT2D eigenvalue weighted by molar-refractivity contribution is -0.138. The molecule has 2 rings (SSSR count). The standard InChI is InChI=1S/C15H10F3O/c16-15(17,18)14-8-4-3-6-12(14)9-11-5-1-2-7-13(11)10-19/h1-8H,9H2. The zero-order valence-electron chi connectivity index (χ0n) is 9.87. The molecule has 1 nitrogen and oxygen atoms in total. The molecule has 0 saturated carbocycles. The Morgan fingerprint density at radius 3 is 2.11 bits per heavy atom. The van der Waals surface area contributed by atoms with E-state index in [9.17, 15) is 18.0 Å². The lowest BCUT2D eigenvalue weighted by Crippen LogP contribution is -2.09. The van der Waals surface area contributed by atoms with E-state index in [0.717, 1.165) is 6.07 Å². The molecule has 0 aliphatic carbocycles. The minimum absolute atomic E-state index is 0.0566. The molecule has 0 saturated heterocycles. The largest absolute Gasteiger partial charge is 0.416 e. The molecule has 0 spiro atoms. The van der Waals surface area contributed by atoms with Gasteiger partial charge in [0.05, 0.1) is 5.56 Å². The Kier molecular flexibility index (Phi) is 3.69. The predicted octanol–water partition coefficient (Wildman–Crippen LogP) is 3.75. The van der Waals surface area contributed by atoms with Crippen LogP contribution in [0.25, 0.3) is 0 Å². The van der Waals surface area contributed by atoms with Gasteiger partial charge in [-0.25, -0.2) is 0 Å². The van der Waals surface area contributed by atoms with Gasteiger partial charge in [-0.15, -0.1) is 0 Å². The second-order valence-electron chi connectivity index (χ2n) is 4.09. The van der Waals surface area contributed by atoms with E-state index in [1.807, 2.05) is 0 Å².